The first-order valence-electron chi connectivity index (χ1n) is 10.5. The van der Waals surface area contributed by atoms with Gasteiger partial charge in [-0.05, 0) is 68.6 Å². The van der Waals surface area contributed by atoms with Crippen LogP contribution in [0, 0.1) is 5.92 Å². The number of benzene rings is 2. The van der Waals surface area contributed by atoms with E-state index < -0.39 is 0 Å². The van der Waals surface area contributed by atoms with Crippen molar-refractivity contribution >= 4 is 0 Å². The third-order valence-corrected chi connectivity index (χ3v) is 5.58. The van der Waals surface area contributed by atoms with Gasteiger partial charge in [-0.2, -0.15) is 0 Å². The standard InChI is InChI=1S/C24H34N2O2/c1-25-13-10-22(11-14-25)19-26(15-12-21-6-3-2-4-7-21)20-23-8-5-9-24(18-23)28-17-16-27/h2-9,18,22,27H,10-17,19-20H2,1H3. The Balaban J connectivity index is 1.62. The number of nitrogens with zero attached hydrogens (tertiary/aromatic N) is 2. The van der Waals surface area contributed by atoms with E-state index in [1.165, 1.54) is 37.1 Å². The van der Waals surface area contributed by atoms with Gasteiger partial charge < -0.3 is 14.7 Å². The lowest BCUT2D eigenvalue weighted by Gasteiger charge is -2.33. The van der Waals surface area contributed by atoms with E-state index >= 15 is 0 Å². The Bertz CT molecular complexity index is 684. The van der Waals surface area contributed by atoms with Gasteiger partial charge in [-0.25, -0.2) is 0 Å². The van der Waals surface area contributed by atoms with E-state index in [4.69, 9.17) is 9.84 Å². The van der Waals surface area contributed by atoms with Crippen molar-refractivity contribution in [3.8, 4) is 5.75 Å². The molecule has 4 nitrogen and oxygen atoms in total. The predicted molar refractivity (Wildman–Crippen MR) is 115 cm³/mol. The van der Waals surface area contributed by atoms with Gasteiger partial charge in [0.1, 0.15) is 12.4 Å². The van der Waals surface area contributed by atoms with Crippen molar-refractivity contribution in [3.05, 3.63) is 65.7 Å². The van der Waals surface area contributed by atoms with Crippen LogP contribution in [0.1, 0.15) is 24.0 Å². The number of aliphatic hydroxyl groups excluding tert-OH is 1. The highest BCUT2D eigenvalue weighted by atomic mass is 16.5. The zero-order valence-electron chi connectivity index (χ0n) is 17.1. The topological polar surface area (TPSA) is 35.9 Å². The third kappa shape index (κ3) is 6.93. The van der Waals surface area contributed by atoms with Gasteiger partial charge in [0, 0.05) is 19.6 Å². The smallest absolute Gasteiger partial charge is 0.119 e. The fraction of sp³-hybridized carbons (Fsp3) is 0.500. The van der Waals surface area contributed by atoms with Crippen LogP contribution in [0.4, 0.5) is 0 Å². The number of piperidine rings is 1. The molecular formula is C24H34N2O2. The van der Waals surface area contributed by atoms with Crippen molar-refractivity contribution in [2.75, 3.05) is 46.4 Å². The molecule has 0 bridgehead atoms. The summed E-state index contributed by atoms with van der Waals surface area (Å²) in [5, 5.41) is 8.98. The fourth-order valence-corrected chi connectivity index (χ4v) is 3.93. The molecule has 1 aliphatic rings. The number of aliphatic hydroxyl groups is 1. The summed E-state index contributed by atoms with van der Waals surface area (Å²) >= 11 is 0. The number of likely N-dealkylation sites (tertiary alicyclic amines) is 1. The molecule has 0 amide bonds. The molecule has 1 saturated heterocycles. The molecular weight excluding hydrogens is 348 g/mol. The maximum Gasteiger partial charge on any atom is 0.119 e. The van der Waals surface area contributed by atoms with Crippen molar-refractivity contribution in [3.63, 3.8) is 0 Å². The first kappa shape index (κ1) is 20.8. The van der Waals surface area contributed by atoms with Gasteiger partial charge in [0.15, 0.2) is 0 Å². The average molecular weight is 383 g/mol. The van der Waals surface area contributed by atoms with Crippen LogP contribution in [0.5, 0.6) is 5.75 Å². The van der Waals surface area contributed by atoms with Gasteiger partial charge in [0.05, 0.1) is 6.61 Å². The van der Waals surface area contributed by atoms with Gasteiger partial charge in [0.2, 0.25) is 0 Å². The van der Waals surface area contributed by atoms with E-state index in [1.807, 2.05) is 12.1 Å². The molecule has 152 valence electrons. The van der Waals surface area contributed by atoms with E-state index in [1.54, 1.807) is 0 Å². The minimum atomic E-state index is 0.0452. The Morgan fingerprint density at radius 3 is 2.54 bits per heavy atom. The van der Waals surface area contributed by atoms with Gasteiger partial charge >= 0.3 is 0 Å². The van der Waals surface area contributed by atoms with Crippen molar-refractivity contribution < 1.29 is 9.84 Å². The highest BCUT2D eigenvalue weighted by Gasteiger charge is 2.20. The van der Waals surface area contributed by atoms with Crippen LogP contribution in [0.3, 0.4) is 0 Å². The van der Waals surface area contributed by atoms with Crippen LogP contribution in [0.15, 0.2) is 54.6 Å². The molecule has 0 aliphatic carbocycles. The lowest BCUT2D eigenvalue weighted by atomic mass is 9.96. The Morgan fingerprint density at radius 2 is 1.79 bits per heavy atom. The molecule has 1 fully saturated rings. The molecule has 3 rings (SSSR count). The van der Waals surface area contributed by atoms with Gasteiger partial charge in [-0.15, -0.1) is 0 Å². The zero-order chi connectivity index (χ0) is 19.6. The van der Waals surface area contributed by atoms with E-state index in [-0.39, 0.29) is 6.61 Å². The highest BCUT2D eigenvalue weighted by molar-refractivity contribution is 5.28. The van der Waals surface area contributed by atoms with Crippen molar-refractivity contribution in [2.24, 2.45) is 5.92 Å². The lowest BCUT2D eigenvalue weighted by Crippen LogP contribution is -2.37. The van der Waals surface area contributed by atoms with E-state index in [2.05, 4.69) is 59.3 Å². The molecule has 0 saturated carbocycles. The summed E-state index contributed by atoms with van der Waals surface area (Å²) in [7, 11) is 2.22. The van der Waals surface area contributed by atoms with Crippen LogP contribution in [-0.2, 0) is 13.0 Å². The van der Waals surface area contributed by atoms with Crippen molar-refractivity contribution in [1.82, 2.24) is 9.80 Å². The average Bonchev–Trinajstić information content (AvgIpc) is 2.73. The Hall–Kier alpha value is -1.88. The maximum absolute atomic E-state index is 8.98. The van der Waals surface area contributed by atoms with Crippen LogP contribution in [0.2, 0.25) is 0 Å². The molecule has 1 heterocycles. The summed E-state index contributed by atoms with van der Waals surface area (Å²) in [5.41, 5.74) is 2.67. The van der Waals surface area contributed by atoms with E-state index in [0.29, 0.717) is 6.61 Å². The fourth-order valence-electron chi connectivity index (χ4n) is 3.93. The summed E-state index contributed by atoms with van der Waals surface area (Å²) in [6.45, 7) is 5.97. The second kappa shape index (κ2) is 11.2. The molecule has 1 aliphatic heterocycles. The minimum Gasteiger partial charge on any atom is -0.491 e. The van der Waals surface area contributed by atoms with Gasteiger partial charge in [0.25, 0.3) is 0 Å². The first-order valence-corrected chi connectivity index (χ1v) is 10.5. The molecule has 0 unspecified atom stereocenters. The van der Waals surface area contributed by atoms with Crippen LogP contribution >= 0.6 is 0 Å². The van der Waals surface area contributed by atoms with Crippen molar-refractivity contribution in [2.45, 2.75) is 25.8 Å². The molecule has 0 atom stereocenters. The summed E-state index contributed by atoms with van der Waals surface area (Å²) in [6, 6.07) is 19.1. The SMILES string of the molecule is CN1CCC(CN(CCc2ccccc2)Cc2cccc(OCCO)c2)CC1. The Labute approximate surface area is 169 Å². The first-order chi connectivity index (χ1) is 13.7. The van der Waals surface area contributed by atoms with Gasteiger partial charge in [-0.1, -0.05) is 42.5 Å². The van der Waals surface area contributed by atoms with Crippen LogP contribution < -0.4 is 4.74 Å². The number of hydrogen-bond acceptors (Lipinski definition) is 4. The predicted octanol–water partition coefficient (Wildman–Crippen LogP) is 3.44. The minimum absolute atomic E-state index is 0.0452. The maximum atomic E-state index is 8.98. The Kier molecular flexibility index (Phi) is 8.34. The van der Waals surface area contributed by atoms with E-state index in [9.17, 15) is 0 Å². The molecule has 2 aromatic carbocycles. The molecule has 0 spiro atoms. The summed E-state index contributed by atoms with van der Waals surface area (Å²) in [4.78, 5) is 5.04. The molecule has 28 heavy (non-hydrogen) atoms. The largest absolute Gasteiger partial charge is 0.491 e. The number of ether oxygens (including phenoxy) is 1. The highest BCUT2D eigenvalue weighted by Crippen LogP contribution is 2.20. The molecule has 2 aromatic rings. The van der Waals surface area contributed by atoms with Gasteiger partial charge in [-0.3, -0.25) is 4.90 Å². The normalized spacial score (nSPS) is 15.8. The molecule has 4 heteroatoms. The van der Waals surface area contributed by atoms with Crippen molar-refractivity contribution in [1.29, 1.82) is 0 Å². The summed E-state index contributed by atoms with van der Waals surface area (Å²) in [5.74, 6) is 1.62. The second-order valence-corrected chi connectivity index (χ2v) is 7.94. The molecule has 0 radical (unpaired) electrons. The quantitative estimate of drug-likeness (QED) is 0.683. The van der Waals surface area contributed by atoms with Crippen LogP contribution in [0.25, 0.3) is 0 Å². The third-order valence-electron chi connectivity index (χ3n) is 5.58. The monoisotopic (exact) mass is 382 g/mol. The van der Waals surface area contributed by atoms with E-state index in [0.717, 1.165) is 37.7 Å². The number of rotatable bonds is 10. The summed E-state index contributed by atoms with van der Waals surface area (Å²) in [6.07, 6.45) is 3.66. The Morgan fingerprint density at radius 1 is 1.04 bits per heavy atom. The molecule has 0 aromatic heterocycles. The van der Waals surface area contributed by atoms with Crippen LogP contribution in [-0.4, -0.2) is 61.3 Å². The lowest BCUT2D eigenvalue weighted by molar-refractivity contribution is 0.156. The summed E-state index contributed by atoms with van der Waals surface area (Å²) < 4.78 is 5.59. The molecule has 1 N–H and O–H groups in total. The second-order valence-electron chi connectivity index (χ2n) is 7.94. The zero-order valence-corrected chi connectivity index (χ0v) is 17.1. The number of hydrogen-bond donors (Lipinski definition) is 1.